The molecule has 2 rings (SSSR count). The number of hydrogen-bond donors (Lipinski definition) is 1. The minimum atomic E-state index is -1.02. The standard InChI is InChI=1S/C13H14ClFN2O4/c14-12-10(5-8(15)6-16-12)13(20)17-3-1-9(2-4-17)21-7-11(18)19/h5-6,9H,1-4,7H2,(H,18,19). The van der Waals surface area contributed by atoms with Gasteiger partial charge in [-0.05, 0) is 18.9 Å². The van der Waals surface area contributed by atoms with E-state index in [1.807, 2.05) is 0 Å². The van der Waals surface area contributed by atoms with E-state index in [2.05, 4.69) is 4.98 Å². The van der Waals surface area contributed by atoms with Crippen LogP contribution >= 0.6 is 11.6 Å². The van der Waals surface area contributed by atoms with E-state index in [4.69, 9.17) is 21.4 Å². The number of likely N-dealkylation sites (tertiary alicyclic amines) is 1. The minimum Gasteiger partial charge on any atom is -0.480 e. The van der Waals surface area contributed by atoms with E-state index < -0.39 is 11.8 Å². The van der Waals surface area contributed by atoms with E-state index in [0.717, 1.165) is 12.3 Å². The lowest BCUT2D eigenvalue weighted by molar-refractivity contribution is -0.145. The number of carbonyl (C=O) groups excluding carboxylic acids is 1. The van der Waals surface area contributed by atoms with Crippen LogP contribution < -0.4 is 0 Å². The molecule has 2 heterocycles. The molecule has 1 fully saturated rings. The molecule has 1 aromatic rings. The van der Waals surface area contributed by atoms with Gasteiger partial charge < -0.3 is 14.7 Å². The first-order valence-electron chi connectivity index (χ1n) is 6.41. The Hall–Kier alpha value is -1.73. The van der Waals surface area contributed by atoms with Gasteiger partial charge in [0.1, 0.15) is 17.6 Å². The molecule has 1 aromatic heterocycles. The van der Waals surface area contributed by atoms with E-state index in [1.165, 1.54) is 4.90 Å². The molecule has 0 spiro atoms. The summed E-state index contributed by atoms with van der Waals surface area (Å²) in [7, 11) is 0. The van der Waals surface area contributed by atoms with Gasteiger partial charge in [0.05, 0.1) is 17.9 Å². The fraction of sp³-hybridized carbons (Fsp3) is 0.462. The summed E-state index contributed by atoms with van der Waals surface area (Å²) < 4.78 is 18.3. The number of halogens is 2. The van der Waals surface area contributed by atoms with Crippen LogP contribution in [0.2, 0.25) is 5.15 Å². The van der Waals surface area contributed by atoms with Gasteiger partial charge in [-0.2, -0.15) is 0 Å². The number of aromatic nitrogens is 1. The first kappa shape index (κ1) is 15.7. The van der Waals surface area contributed by atoms with Gasteiger partial charge in [-0.3, -0.25) is 4.79 Å². The van der Waals surface area contributed by atoms with Gasteiger partial charge in [-0.25, -0.2) is 14.2 Å². The lowest BCUT2D eigenvalue weighted by atomic mass is 10.1. The molecule has 1 saturated heterocycles. The molecule has 1 aliphatic heterocycles. The molecule has 8 heteroatoms. The SMILES string of the molecule is O=C(O)COC1CCN(C(=O)c2cc(F)cnc2Cl)CC1. The molecular formula is C13H14ClFN2O4. The van der Waals surface area contributed by atoms with Crippen molar-refractivity contribution in [2.75, 3.05) is 19.7 Å². The Morgan fingerprint density at radius 2 is 2.14 bits per heavy atom. The molecule has 0 unspecified atom stereocenters. The van der Waals surface area contributed by atoms with E-state index in [1.54, 1.807) is 0 Å². The Balaban J connectivity index is 1.94. The highest BCUT2D eigenvalue weighted by molar-refractivity contribution is 6.32. The lowest BCUT2D eigenvalue weighted by Crippen LogP contribution is -2.41. The molecule has 0 aromatic carbocycles. The van der Waals surface area contributed by atoms with Crippen LogP contribution in [0.15, 0.2) is 12.3 Å². The van der Waals surface area contributed by atoms with E-state index in [9.17, 15) is 14.0 Å². The quantitative estimate of drug-likeness (QED) is 0.853. The minimum absolute atomic E-state index is 0.0292. The maximum Gasteiger partial charge on any atom is 0.329 e. The lowest BCUT2D eigenvalue weighted by Gasteiger charge is -2.31. The van der Waals surface area contributed by atoms with Gasteiger partial charge in [-0.1, -0.05) is 11.6 Å². The van der Waals surface area contributed by atoms with E-state index in [0.29, 0.717) is 25.9 Å². The van der Waals surface area contributed by atoms with Gasteiger partial charge in [0.15, 0.2) is 0 Å². The largest absolute Gasteiger partial charge is 0.480 e. The summed E-state index contributed by atoms with van der Waals surface area (Å²) in [5.41, 5.74) is 0.0292. The molecule has 0 radical (unpaired) electrons. The van der Waals surface area contributed by atoms with Gasteiger partial charge in [0, 0.05) is 13.1 Å². The van der Waals surface area contributed by atoms with Crippen LogP contribution in [0.5, 0.6) is 0 Å². The van der Waals surface area contributed by atoms with Crippen LogP contribution in [0.1, 0.15) is 23.2 Å². The molecule has 1 aliphatic rings. The average Bonchev–Trinajstić information content (AvgIpc) is 2.47. The molecule has 1 amide bonds. The van der Waals surface area contributed by atoms with Gasteiger partial charge in [-0.15, -0.1) is 0 Å². The van der Waals surface area contributed by atoms with Gasteiger partial charge >= 0.3 is 5.97 Å². The molecule has 114 valence electrons. The molecule has 6 nitrogen and oxygen atoms in total. The van der Waals surface area contributed by atoms with Crippen LogP contribution in [0.3, 0.4) is 0 Å². The monoisotopic (exact) mass is 316 g/mol. The van der Waals surface area contributed by atoms with Crippen molar-refractivity contribution in [2.24, 2.45) is 0 Å². The zero-order valence-electron chi connectivity index (χ0n) is 11.1. The number of piperidine rings is 1. The third-order valence-electron chi connectivity index (χ3n) is 3.21. The summed E-state index contributed by atoms with van der Waals surface area (Å²) in [6.45, 7) is 0.449. The summed E-state index contributed by atoms with van der Waals surface area (Å²) in [5, 5.41) is 8.51. The molecule has 0 bridgehead atoms. The Kier molecular flexibility index (Phi) is 5.08. The van der Waals surface area contributed by atoms with Gasteiger partial charge in [0.2, 0.25) is 0 Å². The van der Waals surface area contributed by atoms with Crippen molar-refractivity contribution in [3.8, 4) is 0 Å². The summed E-state index contributed by atoms with van der Waals surface area (Å²) in [6.07, 6.45) is 1.82. The molecule has 0 saturated carbocycles. The number of carboxylic acid groups (broad SMARTS) is 1. The Morgan fingerprint density at radius 3 is 2.76 bits per heavy atom. The molecule has 0 atom stereocenters. The molecule has 0 aliphatic carbocycles. The van der Waals surface area contributed by atoms with Crippen LogP contribution in [0.25, 0.3) is 0 Å². The number of rotatable bonds is 4. The van der Waals surface area contributed by atoms with Crippen LogP contribution in [0.4, 0.5) is 4.39 Å². The normalized spacial score (nSPS) is 16.0. The average molecular weight is 317 g/mol. The van der Waals surface area contributed by atoms with Crippen molar-refractivity contribution in [3.63, 3.8) is 0 Å². The number of carbonyl (C=O) groups is 2. The molecular weight excluding hydrogens is 303 g/mol. The van der Waals surface area contributed by atoms with E-state index >= 15 is 0 Å². The van der Waals surface area contributed by atoms with Crippen molar-refractivity contribution in [1.29, 1.82) is 0 Å². The fourth-order valence-electron chi connectivity index (χ4n) is 2.16. The maximum atomic E-state index is 13.1. The topological polar surface area (TPSA) is 79.7 Å². The van der Waals surface area contributed by atoms with Crippen molar-refractivity contribution in [2.45, 2.75) is 18.9 Å². The Morgan fingerprint density at radius 1 is 1.48 bits per heavy atom. The number of amides is 1. The maximum absolute atomic E-state index is 13.1. The third kappa shape index (κ3) is 4.12. The number of nitrogens with zero attached hydrogens (tertiary/aromatic N) is 2. The molecule has 1 N–H and O–H groups in total. The van der Waals surface area contributed by atoms with Crippen molar-refractivity contribution in [1.82, 2.24) is 9.88 Å². The first-order chi connectivity index (χ1) is 9.97. The van der Waals surface area contributed by atoms with Crippen molar-refractivity contribution in [3.05, 3.63) is 28.8 Å². The number of ether oxygens (including phenoxy) is 1. The summed E-state index contributed by atoms with van der Waals surface area (Å²) >= 11 is 5.81. The number of hydrogen-bond acceptors (Lipinski definition) is 4. The zero-order valence-corrected chi connectivity index (χ0v) is 11.8. The smallest absolute Gasteiger partial charge is 0.329 e. The second-order valence-corrected chi connectivity index (χ2v) is 5.05. The highest BCUT2D eigenvalue weighted by Crippen LogP contribution is 2.20. The zero-order chi connectivity index (χ0) is 15.4. The highest BCUT2D eigenvalue weighted by atomic mass is 35.5. The van der Waals surface area contributed by atoms with Crippen LogP contribution in [0, 0.1) is 5.82 Å². The first-order valence-corrected chi connectivity index (χ1v) is 6.79. The van der Waals surface area contributed by atoms with E-state index in [-0.39, 0.29) is 29.3 Å². The highest BCUT2D eigenvalue weighted by Gasteiger charge is 2.26. The second kappa shape index (κ2) is 6.82. The predicted molar refractivity (Wildman–Crippen MR) is 71.7 cm³/mol. The van der Waals surface area contributed by atoms with Crippen LogP contribution in [-0.4, -0.2) is 52.7 Å². The van der Waals surface area contributed by atoms with Crippen molar-refractivity contribution < 1.29 is 23.8 Å². The van der Waals surface area contributed by atoms with Gasteiger partial charge in [0.25, 0.3) is 5.91 Å². The molecule has 21 heavy (non-hydrogen) atoms. The number of carboxylic acids is 1. The summed E-state index contributed by atoms with van der Waals surface area (Å²) in [5.74, 6) is -2.03. The van der Waals surface area contributed by atoms with Crippen molar-refractivity contribution >= 4 is 23.5 Å². The fourth-order valence-corrected chi connectivity index (χ4v) is 2.34. The van der Waals surface area contributed by atoms with Crippen LogP contribution in [-0.2, 0) is 9.53 Å². The summed E-state index contributed by atoms with van der Waals surface area (Å²) in [4.78, 5) is 27.8. The second-order valence-electron chi connectivity index (χ2n) is 4.69. The number of aliphatic carboxylic acids is 1. The summed E-state index contributed by atoms with van der Waals surface area (Å²) in [6, 6.07) is 1.06. The Labute approximate surface area is 125 Å². The predicted octanol–water partition coefficient (Wildman–Crippen LogP) is 1.58. The number of pyridine rings is 1. The third-order valence-corrected chi connectivity index (χ3v) is 3.51. The Bertz CT molecular complexity index is 547.